The van der Waals surface area contributed by atoms with Gasteiger partial charge < -0.3 is 4.74 Å². The molecule has 0 amide bonds. The van der Waals surface area contributed by atoms with Crippen molar-refractivity contribution < 1.29 is 22.3 Å². The van der Waals surface area contributed by atoms with Crippen molar-refractivity contribution in [3.63, 3.8) is 0 Å². The van der Waals surface area contributed by atoms with E-state index in [0.29, 0.717) is 29.7 Å². The Morgan fingerprint density at radius 2 is 1.11 bits per heavy atom. The molecule has 3 aliphatic carbocycles. The highest BCUT2D eigenvalue weighted by atomic mass is 35.5. The molecule has 1 nitrogen and oxygen atoms in total. The number of alkyl halides is 2. The third kappa shape index (κ3) is 6.35. The van der Waals surface area contributed by atoms with Gasteiger partial charge in [0.05, 0.1) is 11.5 Å². The lowest BCUT2D eigenvalue weighted by atomic mass is 9.65. The zero-order chi connectivity index (χ0) is 26.9. The van der Waals surface area contributed by atoms with Gasteiger partial charge in [-0.2, -0.15) is 8.78 Å². The van der Waals surface area contributed by atoms with Crippen molar-refractivity contribution in [3.8, 4) is 16.9 Å². The standard InChI is InChI=1S/C32H39ClF4O/c1-20-2-4-21(5-3-20)22-6-8-23(9-7-22)24-10-14-26(15-11-24)32(36,37)38-28-18-29(34)31(30(35)19-28)25-12-16-27(33)17-13-25/h12-13,16-24,26H,2-11,14-15H2,1H3. The molecule has 0 radical (unpaired) electrons. The zero-order valence-corrected chi connectivity index (χ0v) is 23.0. The van der Waals surface area contributed by atoms with Gasteiger partial charge in [-0.05, 0) is 111 Å². The lowest BCUT2D eigenvalue weighted by Crippen LogP contribution is -2.38. The molecule has 5 rings (SSSR count). The van der Waals surface area contributed by atoms with Crippen LogP contribution in [0.1, 0.15) is 84.0 Å². The smallest absolute Gasteiger partial charge is 0.400 e. The maximum Gasteiger partial charge on any atom is 0.400 e. The summed E-state index contributed by atoms with van der Waals surface area (Å²) in [6.45, 7) is 2.37. The number of halogens is 5. The molecular weight excluding hydrogens is 512 g/mol. The summed E-state index contributed by atoms with van der Waals surface area (Å²) in [4.78, 5) is 0. The maximum absolute atomic E-state index is 15.1. The van der Waals surface area contributed by atoms with Crippen molar-refractivity contribution in [1.29, 1.82) is 0 Å². The summed E-state index contributed by atoms with van der Waals surface area (Å²) in [6, 6.07) is 7.71. The van der Waals surface area contributed by atoms with Crippen LogP contribution in [-0.4, -0.2) is 6.11 Å². The lowest BCUT2D eigenvalue weighted by molar-refractivity contribution is -0.224. The number of ether oxygens (including phenoxy) is 1. The van der Waals surface area contributed by atoms with E-state index in [1.807, 2.05) is 0 Å². The van der Waals surface area contributed by atoms with Crippen LogP contribution < -0.4 is 4.74 Å². The van der Waals surface area contributed by atoms with Gasteiger partial charge in [-0.3, -0.25) is 0 Å². The van der Waals surface area contributed by atoms with Gasteiger partial charge in [0.15, 0.2) is 0 Å². The highest BCUT2D eigenvalue weighted by Gasteiger charge is 2.45. The fourth-order valence-electron chi connectivity index (χ4n) is 7.51. The molecule has 2 aromatic rings. The third-order valence-electron chi connectivity index (χ3n) is 9.86. The minimum absolute atomic E-state index is 0.281. The number of rotatable bonds is 6. The molecule has 0 heterocycles. The largest absolute Gasteiger partial charge is 0.432 e. The van der Waals surface area contributed by atoms with Crippen molar-refractivity contribution in [3.05, 3.63) is 53.1 Å². The zero-order valence-electron chi connectivity index (χ0n) is 22.2. The molecule has 3 aliphatic rings. The van der Waals surface area contributed by atoms with Gasteiger partial charge >= 0.3 is 6.11 Å². The van der Waals surface area contributed by atoms with Gasteiger partial charge in [0, 0.05) is 17.2 Å². The van der Waals surface area contributed by atoms with Crippen LogP contribution in [0, 0.1) is 47.1 Å². The number of hydrogen-bond acceptors (Lipinski definition) is 1. The van der Waals surface area contributed by atoms with Crippen LogP contribution in [0.25, 0.3) is 11.1 Å². The maximum atomic E-state index is 15.1. The van der Waals surface area contributed by atoms with Gasteiger partial charge in [-0.25, -0.2) is 8.78 Å². The van der Waals surface area contributed by atoms with E-state index in [2.05, 4.69) is 6.92 Å². The Morgan fingerprint density at radius 3 is 1.58 bits per heavy atom. The summed E-state index contributed by atoms with van der Waals surface area (Å²) in [6.07, 6.45) is 9.42. The Morgan fingerprint density at radius 1 is 0.684 bits per heavy atom. The van der Waals surface area contributed by atoms with Crippen LogP contribution in [0.15, 0.2) is 36.4 Å². The van der Waals surface area contributed by atoms with Gasteiger partial charge in [-0.1, -0.05) is 43.5 Å². The van der Waals surface area contributed by atoms with Crippen LogP contribution in [0.2, 0.25) is 5.02 Å². The molecule has 3 saturated carbocycles. The molecule has 2 aromatic carbocycles. The van der Waals surface area contributed by atoms with Crippen LogP contribution in [0.4, 0.5) is 17.6 Å². The topological polar surface area (TPSA) is 9.23 Å². The Hall–Kier alpha value is -1.75. The fraction of sp³-hybridized carbons (Fsp3) is 0.625. The molecule has 0 atom stereocenters. The molecule has 0 aliphatic heterocycles. The predicted molar refractivity (Wildman–Crippen MR) is 144 cm³/mol. The number of hydrogen-bond donors (Lipinski definition) is 0. The first-order valence-corrected chi connectivity index (χ1v) is 14.9. The highest BCUT2D eigenvalue weighted by molar-refractivity contribution is 6.30. The second-order valence-electron chi connectivity index (χ2n) is 12.2. The average molecular weight is 551 g/mol. The van der Waals surface area contributed by atoms with E-state index in [1.54, 1.807) is 0 Å². The van der Waals surface area contributed by atoms with Gasteiger partial charge in [0.1, 0.15) is 17.4 Å². The first-order valence-electron chi connectivity index (χ1n) is 14.5. The Balaban J connectivity index is 1.13. The Bertz CT molecular complexity index is 1040. The van der Waals surface area contributed by atoms with E-state index in [-0.39, 0.29) is 11.1 Å². The molecule has 0 saturated heterocycles. The van der Waals surface area contributed by atoms with Gasteiger partial charge in [0.25, 0.3) is 0 Å². The molecule has 0 N–H and O–H groups in total. The SMILES string of the molecule is CC1CCC(C2CCC(C3CCC(C(F)(F)Oc4cc(F)c(-c5ccc(Cl)cc5)c(F)c4)CC3)CC2)CC1. The van der Waals surface area contributed by atoms with Crippen LogP contribution in [-0.2, 0) is 0 Å². The van der Waals surface area contributed by atoms with Crippen LogP contribution >= 0.6 is 11.6 Å². The second kappa shape index (κ2) is 11.8. The van der Waals surface area contributed by atoms with E-state index in [1.165, 1.54) is 75.6 Å². The average Bonchev–Trinajstić information content (AvgIpc) is 2.90. The summed E-state index contributed by atoms with van der Waals surface area (Å²) >= 11 is 5.85. The van der Waals surface area contributed by atoms with E-state index >= 15 is 8.78 Å². The van der Waals surface area contributed by atoms with Crippen molar-refractivity contribution >= 4 is 11.6 Å². The molecule has 0 unspecified atom stereocenters. The molecule has 0 spiro atoms. The minimum Gasteiger partial charge on any atom is -0.432 e. The minimum atomic E-state index is -3.47. The van der Waals surface area contributed by atoms with Crippen LogP contribution in [0.3, 0.4) is 0 Å². The van der Waals surface area contributed by atoms with E-state index < -0.39 is 29.4 Å². The van der Waals surface area contributed by atoms with E-state index in [0.717, 1.165) is 42.7 Å². The summed E-state index contributed by atoms with van der Waals surface area (Å²) in [5.74, 6) is 0.470. The molecule has 0 aromatic heterocycles. The van der Waals surface area contributed by atoms with Gasteiger partial charge in [0.2, 0.25) is 0 Å². The summed E-state index contributed by atoms with van der Waals surface area (Å²) in [7, 11) is 0. The quantitative estimate of drug-likeness (QED) is 0.325. The molecular formula is C32H39ClF4O. The first kappa shape index (κ1) is 27.8. The van der Waals surface area contributed by atoms with Crippen molar-refractivity contribution in [1.82, 2.24) is 0 Å². The summed E-state index contributed by atoms with van der Waals surface area (Å²) in [5.41, 5.74) is -0.00554. The Kier molecular flexibility index (Phi) is 8.62. The van der Waals surface area contributed by atoms with E-state index in [9.17, 15) is 8.78 Å². The predicted octanol–water partition coefficient (Wildman–Crippen LogP) is 10.7. The van der Waals surface area contributed by atoms with Crippen molar-refractivity contribution in [2.24, 2.45) is 35.5 Å². The molecule has 3 fully saturated rings. The van der Waals surface area contributed by atoms with Crippen molar-refractivity contribution in [2.75, 3.05) is 0 Å². The third-order valence-corrected chi connectivity index (χ3v) is 10.1. The summed E-state index contributed by atoms with van der Waals surface area (Å²) < 4.78 is 64.6. The van der Waals surface area contributed by atoms with E-state index in [4.69, 9.17) is 16.3 Å². The lowest BCUT2D eigenvalue weighted by Gasteiger charge is -2.41. The Labute approximate surface area is 229 Å². The van der Waals surface area contributed by atoms with Crippen molar-refractivity contribution in [2.45, 2.75) is 90.1 Å². The second-order valence-corrected chi connectivity index (χ2v) is 12.7. The number of benzene rings is 2. The highest BCUT2D eigenvalue weighted by Crippen LogP contribution is 2.48. The summed E-state index contributed by atoms with van der Waals surface area (Å²) in [5, 5.41) is 0.436. The van der Waals surface area contributed by atoms with Crippen LogP contribution in [0.5, 0.6) is 5.75 Å². The molecule has 0 bridgehead atoms. The molecule has 38 heavy (non-hydrogen) atoms. The molecule has 208 valence electrons. The normalized spacial score (nSPS) is 30.7. The fourth-order valence-corrected chi connectivity index (χ4v) is 7.64. The molecule has 6 heteroatoms. The monoisotopic (exact) mass is 550 g/mol. The first-order chi connectivity index (χ1) is 18.2. The van der Waals surface area contributed by atoms with Gasteiger partial charge in [-0.15, -0.1) is 0 Å².